The molecule has 0 aromatic heterocycles. The van der Waals surface area contributed by atoms with E-state index in [1.165, 1.54) is 4.90 Å². The van der Waals surface area contributed by atoms with Crippen LogP contribution in [0.4, 0.5) is 4.79 Å². The van der Waals surface area contributed by atoms with E-state index in [-0.39, 0.29) is 31.1 Å². The van der Waals surface area contributed by atoms with Gasteiger partial charge in [-0.2, -0.15) is 0 Å². The summed E-state index contributed by atoms with van der Waals surface area (Å²) in [4.78, 5) is 27.4. The van der Waals surface area contributed by atoms with E-state index in [0.717, 1.165) is 24.8 Å². The topological polar surface area (TPSA) is 70.1 Å². The van der Waals surface area contributed by atoms with Gasteiger partial charge in [0.15, 0.2) is 0 Å². The minimum absolute atomic E-state index is 0.0173. The number of amides is 3. The summed E-state index contributed by atoms with van der Waals surface area (Å²) in [6.07, 6.45) is 1.72. The van der Waals surface area contributed by atoms with Crippen molar-refractivity contribution >= 4 is 11.9 Å². The highest BCUT2D eigenvalue weighted by molar-refractivity contribution is 6.04. The molecule has 0 unspecified atom stereocenters. The second-order valence-electron chi connectivity index (χ2n) is 6.21. The van der Waals surface area contributed by atoms with Gasteiger partial charge in [0.2, 0.25) is 0 Å². The zero-order valence-corrected chi connectivity index (χ0v) is 13.3. The van der Waals surface area contributed by atoms with Crippen molar-refractivity contribution in [3.8, 4) is 5.75 Å². The second kappa shape index (κ2) is 6.58. The van der Waals surface area contributed by atoms with Gasteiger partial charge in [-0.25, -0.2) is 4.79 Å². The lowest BCUT2D eigenvalue weighted by atomic mass is 10.0. The maximum atomic E-state index is 12.3. The highest BCUT2D eigenvalue weighted by Crippen LogP contribution is 2.26. The highest BCUT2D eigenvalue weighted by Gasteiger charge is 2.46. The zero-order chi connectivity index (χ0) is 16.4. The lowest BCUT2D eigenvalue weighted by molar-refractivity contribution is -0.129. The van der Waals surface area contributed by atoms with Crippen molar-refractivity contribution in [2.45, 2.75) is 38.3 Å². The monoisotopic (exact) mass is 318 g/mol. The van der Waals surface area contributed by atoms with Crippen molar-refractivity contribution in [2.24, 2.45) is 0 Å². The molecule has 1 N–H and O–H groups in total. The maximum Gasteiger partial charge on any atom is 0.327 e. The van der Waals surface area contributed by atoms with Gasteiger partial charge in [0.25, 0.3) is 5.91 Å². The van der Waals surface area contributed by atoms with E-state index in [9.17, 15) is 14.7 Å². The molecule has 0 radical (unpaired) electrons. The van der Waals surface area contributed by atoms with Crippen molar-refractivity contribution in [3.63, 3.8) is 0 Å². The third-order valence-electron chi connectivity index (χ3n) is 4.39. The predicted molar refractivity (Wildman–Crippen MR) is 84.1 cm³/mol. The van der Waals surface area contributed by atoms with Crippen molar-refractivity contribution in [3.05, 3.63) is 29.8 Å². The fourth-order valence-electron chi connectivity index (χ4n) is 3.10. The van der Waals surface area contributed by atoms with Gasteiger partial charge in [-0.05, 0) is 38.3 Å². The molecule has 2 heterocycles. The molecule has 2 atom stereocenters. The number of imide groups is 1. The van der Waals surface area contributed by atoms with Gasteiger partial charge < -0.3 is 14.7 Å². The van der Waals surface area contributed by atoms with Gasteiger partial charge >= 0.3 is 6.03 Å². The fraction of sp³-hybridized carbons (Fsp3) is 0.529. The molecule has 1 aromatic carbocycles. The average Bonchev–Trinajstić information content (AvgIpc) is 2.80. The van der Waals surface area contributed by atoms with Crippen LogP contribution >= 0.6 is 0 Å². The number of rotatable bonds is 5. The van der Waals surface area contributed by atoms with E-state index in [0.29, 0.717) is 12.3 Å². The fourth-order valence-corrected chi connectivity index (χ4v) is 3.10. The molecule has 0 spiro atoms. The van der Waals surface area contributed by atoms with E-state index >= 15 is 0 Å². The SMILES string of the molecule is Cc1ccc(OC[C@H](O)CN2C(=O)[C@H]3CCCCN3C2=O)cc1. The molecule has 0 aliphatic carbocycles. The van der Waals surface area contributed by atoms with E-state index in [1.54, 1.807) is 4.90 Å². The summed E-state index contributed by atoms with van der Waals surface area (Å²) in [5.74, 6) is 0.468. The van der Waals surface area contributed by atoms with Crippen LogP contribution < -0.4 is 4.74 Å². The number of fused-ring (bicyclic) bond motifs is 1. The molecule has 1 aromatic rings. The van der Waals surface area contributed by atoms with E-state index in [4.69, 9.17) is 4.74 Å². The third kappa shape index (κ3) is 3.32. The van der Waals surface area contributed by atoms with Gasteiger partial charge in [-0.1, -0.05) is 17.7 Å². The van der Waals surface area contributed by atoms with Crippen LogP contribution in [0.2, 0.25) is 0 Å². The standard InChI is InChI=1S/C17H22N2O4/c1-12-5-7-14(8-6-12)23-11-13(20)10-19-16(21)15-4-2-3-9-18(15)17(19)22/h5-8,13,15,20H,2-4,9-11H2,1H3/t13-,15-/m1/s1. The number of benzene rings is 1. The van der Waals surface area contributed by atoms with Crippen LogP contribution in [0.25, 0.3) is 0 Å². The molecule has 3 rings (SSSR count). The Morgan fingerprint density at radius 1 is 1.26 bits per heavy atom. The summed E-state index contributed by atoms with van der Waals surface area (Å²) in [5, 5.41) is 10.1. The number of carbonyl (C=O) groups excluding carboxylic acids is 2. The van der Waals surface area contributed by atoms with Crippen LogP contribution in [-0.2, 0) is 4.79 Å². The molecule has 124 valence electrons. The minimum Gasteiger partial charge on any atom is -0.491 e. The second-order valence-corrected chi connectivity index (χ2v) is 6.21. The maximum absolute atomic E-state index is 12.3. The number of piperidine rings is 1. The lowest BCUT2D eigenvalue weighted by Gasteiger charge is -2.26. The Morgan fingerprint density at radius 3 is 2.70 bits per heavy atom. The predicted octanol–water partition coefficient (Wildman–Crippen LogP) is 1.55. The first kappa shape index (κ1) is 15.8. The molecule has 2 fully saturated rings. The molecule has 3 amide bonds. The van der Waals surface area contributed by atoms with Crippen LogP contribution in [0, 0.1) is 6.92 Å². The molecule has 6 nitrogen and oxygen atoms in total. The van der Waals surface area contributed by atoms with Crippen molar-refractivity contribution in [2.75, 3.05) is 19.7 Å². The first-order valence-electron chi connectivity index (χ1n) is 8.06. The van der Waals surface area contributed by atoms with Crippen LogP contribution in [-0.4, -0.2) is 58.7 Å². The Bertz CT molecular complexity index is 563. The number of hydrogen-bond donors (Lipinski definition) is 1. The van der Waals surface area contributed by atoms with Crippen LogP contribution in [0.15, 0.2) is 24.3 Å². The zero-order valence-electron chi connectivity index (χ0n) is 13.3. The summed E-state index contributed by atoms with van der Waals surface area (Å²) in [7, 11) is 0. The Hall–Kier alpha value is -2.08. The summed E-state index contributed by atoms with van der Waals surface area (Å²) in [6.45, 7) is 2.64. The number of urea groups is 1. The number of aliphatic hydroxyl groups excluding tert-OH is 1. The molecular weight excluding hydrogens is 296 g/mol. The number of nitrogens with zero attached hydrogens (tertiary/aromatic N) is 2. The number of carbonyl (C=O) groups is 2. The third-order valence-corrected chi connectivity index (χ3v) is 4.39. The molecule has 0 saturated carbocycles. The smallest absolute Gasteiger partial charge is 0.327 e. The molecular formula is C17H22N2O4. The average molecular weight is 318 g/mol. The van der Waals surface area contributed by atoms with Gasteiger partial charge in [-0.15, -0.1) is 0 Å². The molecule has 2 saturated heterocycles. The van der Waals surface area contributed by atoms with Gasteiger partial charge in [0, 0.05) is 6.54 Å². The number of aryl methyl sites for hydroxylation is 1. The Labute approximate surface area is 135 Å². The van der Waals surface area contributed by atoms with E-state index in [2.05, 4.69) is 0 Å². The number of aliphatic hydroxyl groups is 1. The molecule has 2 aliphatic rings. The molecule has 23 heavy (non-hydrogen) atoms. The minimum atomic E-state index is -0.898. The van der Waals surface area contributed by atoms with E-state index in [1.807, 2.05) is 31.2 Å². The Morgan fingerprint density at radius 2 is 2.00 bits per heavy atom. The van der Waals surface area contributed by atoms with Crippen LogP contribution in [0.5, 0.6) is 5.75 Å². The molecule has 6 heteroatoms. The summed E-state index contributed by atoms with van der Waals surface area (Å²) in [5.41, 5.74) is 1.13. The summed E-state index contributed by atoms with van der Waals surface area (Å²) in [6, 6.07) is 6.89. The summed E-state index contributed by atoms with van der Waals surface area (Å²) >= 11 is 0. The molecule has 2 aliphatic heterocycles. The summed E-state index contributed by atoms with van der Waals surface area (Å²) < 4.78 is 5.51. The number of β-amino-alcohol motifs (C(OH)–C–C–N with tert-alkyl or cyclic N) is 1. The highest BCUT2D eigenvalue weighted by atomic mass is 16.5. The quantitative estimate of drug-likeness (QED) is 0.836. The van der Waals surface area contributed by atoms with Gasteiger partial charge in [-0.3, -0.25) is 9.69 Å². The van der Waals surface area contributed by atoms with Gasteiger partial charge in [0.1, 0.15) is 24.5 Å². The first-order valence-corrected chi connectivity index (χ1v) is 8.06. The lowest BCUT2D eigenvalue weighted by Crippen LogP contribution is -2.40. The normalized spacial score (nSPS) is 22.3. The van der Waals surface area contributed by atoms with Crippen molar-refractivity contribution in [1.29, 1.82) is 0 Å². The molecule has 0 bridgehead atoms. The first-order chi connectivity index (χ1) is 11.1. The van der Waals surface area contributed by atoms with Crippen molar-refractivity contribution < 1.29 is 19.4 Å². The Balaban J connectivity index is 1.55. The van der Waals surface area contributed by atoms with Crippen LogP contribution in [0.3, 0.4) is 0 Å². The number of hydrogen-bond acceptors (Lipinski definition) is 4. The Kier molecular flexibility index (Phi) is 4.52. The largest absolute Gasteiger partial charge is 0.491 e. The van der Waals surface area contributed by atoms with Gasteiger partial charge in [0.05, 0.1) is 6.54 Å². The number of ether oxygens (including phenoxy) is 1. The van der Waals surface area contributed by atoms with Crippen molar-refractivity contribution in [1.82, 2.24) is 9.80 Å². The van der Waals surface area contributed by atoms with E-state index < -0.39 is 6.10 Å². The van der Waals surface area contributed by atoms with Crippen LogP contribution in [0.1, 0.15) is 24.8 Å².